The summed E-state index contributed by atoms with van der Waals surface area (Å²) in [4.78, 5) is 2.25. The van der Waals surface area contributed by atoms with Crippen molar-refractivity contribution < 1.29 is 9.50 Å². The molecule has 1 heterocycles. The summed E-state index contributed by atoms with van der Waals surface area (Å²) in [7, 11) is 2.10. The first-order chi connectivity index (χ1) is 11.6. The van der Waals surface area contributed by atoms with Crippen molar-refractivity contribution in [2.24, 2.45) is 0 Å². The molecular weight excluding hydrogens is 301 g/mol. The molecule has 0 fully saturated rings. The Morgan fingerprint density at radius 3 is 2.67 bits per heavy atom. The van der Waals surface area contributed by atoms with E-state index in [-0.39, 0.29) is 12.4 Å². The van der Waals surface area contributed by atoms with Gasteiger partial charge in [0, 0.05) is 31.5 Å². The molecule has 24 heavy (non-hydrogen) atoms. The van der Waals surface area contributed by atoms with Gasteiger partial charge in [0.25, 0.3) is 0 Å². The molecule has 0 spiro atoms. The van der Waals surface area contributed by atoms with Crippen molar-refractivity contribution in [2.45, 2.75) is 13.3 Å². The largest absolute Gasteiger partial charge is 0.396 e. The molecule has 122 valence electrons. The van der Waals surface area contributed by atoms with Gasteiger partial charge in [-0.3, -0.25) is 0 Å². The van der Waals surface area contributed by atoms with Gasteiger partial charge in [-0.05, 0) is 65.0 Å². The molecule has 0 aromatic heterocycles. The lowest BCUT2D eigenvalue weighted by atomic mass is 9.94. The number of aliphatic hydroxyl groups excluding tert-OH is 1. The highest BCUT2D eigenvalue weighted by atomic mass is 19.1. The molecule has 0 atom stereocenters. The average Bonchev–Trinajstić information content (AvgIpc) is 3.04. The van der Waals surface area contributed by atoms with Crippen molar-refractivity contribution in [2.75, 3.05) is 25.1 Å². The maximum atomic E-state index is 13.8. The fourth-order valence-electron chi connectivity index (χ4n) is 4.04. The number of anilines is 1. The van der Waals surface area contributed by atoms with Gasteiger partial charge in [-0.15, -0.1) is 0 Å². The van der Waals surface area contributed by atoms with Crippen LogP contribution in [0.3, 0.4) is 0 Å². The molecule has 0 amide bonds. The Kier molecular flexibility index (Phi) is 3.54. The van der Waals surface area contributed by atoms with E-state index < -0.39 is 0 Å². The summed E-state index contributed by atoms with van der Waals surface area (Å²) in [6.07, 6.45) is 0.552. The predicted octanol–water partition coefficient (Wildman–Crippen LogP) is 4.36. The van der Waals surface area contributed by atoms with Gasteiger partial charge in [0.2, 0.25) is 0 Å². The molecule has 2 aromatic carbocycles. The van der Waals surface area contributed by atoms with Crippen molar-refractivity contribution in [3.05, 3.63) is 70.5 Å². The highest BCUT2D eigenvalue weighted by Gasteiger charge is 2.30. The third kappa shape index (κ3) is 2.12. The molecule has 2 aromatic rings. The molecule has 0 saturated carbocycles. The van der Waals surface area contributed by atoms with E-state index in [4.69, 9.17) is 0 Å². The molecule has 3 heteroatoms. The van der Waals surface area contributed by atoms with E-state index in [1.54, 1.807) is 6.07 Å². The van der Waals surface area contributed by atoms with E-state index in [2.05, 4.69) is 43.1 Å². The minimum Gasteiger partial charge on any atom is -0.396 e. The van der Waals surface area contributed by atoms with Crippen LogP contribution in [0.2, 0.25) is 0 Å². The number of para-hydroxylation sites is 1. The second kappa shape index (κ2) is 5.60. The number of nitrogens with zero attached hydrogens (tertiary/aromatic N) is 1. The second-order valence-corrected chi connectivity index (χ2v) is 6.49. The number of aliphatic hydroxyl groups is 1. The van der Waals surface area contributed by atoms with Crippen molar-refractivity contribution in [3.63, 3.8) is 0 Å². The monoisotopic (exact) mass is 321 g/mol. The highest BCUT2D eigenvalue weighted by molar-refractivity contribution is 6.12. The van der Waals surface area contributed by atoms with Crippen LogP contribution in [-0.2, 0) is 0 Å². The summed E-state index contributed by atoms with van der Waals surface area (Å²) in [5, 5.41) is 9.44. The molecule has 4 rings (SSSR count). The first-order valence-corrected chi connectivity index (χ1v) is 8.26. The highest BCUT2D eigenvalue weighted by Crippen LogP contribution is 2.49. The van der Waals surface area contributed by atoms with Crippen LogP contribution in [0.4, 0.5) is 10.1 Å². The zero-order valence-electron chi connectivity index (χ0n) is 13.9. The van der Waals surface area contributed by atoms with Crippen molar-refractivity contribution in [1.82, 2.24) is 0 Å². The van der Waals surface area contributed by atoms with Crippen molar-refractivity contribution >= 4 is 22.4 Å². The second-order valence-electron chi connectivity index (χ2n) is 6.49. The SMILES string of the molecule is CC1=C(CCO)c2cc(F)ccc2C1=C1CN(C)c2ccccc21. The number of hydrogen-bond donors (Lipinski definition) is 1. The lowest BCUT2D eigenvalue weighted by molar-refractivity contribution is 0.305. The van der Waals surface area contributed by atoms with E-state index in [1.165, 1.54) is 28.5 Å². The third-order valence-electron chi connectivity index (χ3n) is 5.10. The summed E-state index contributed by atoms with van der Waals surface area (Å²) in [5.74, 6) is -0.229. The number of fused-ring (bicyclic) bond motifs is 2. The lowest BCUT2D eigenvalue weighted by Crippen LogP contribution is -2.12. The first-order valence-electron chi connectivity index (χ1n) is 8.26. The van der Waals surface area contributed by atoms with Gasteiger partial charge in [0.15, 0.2) is 0 Å². The maximum absolute atomic E-state index is 13.8. The zero-order valence-corrected chi connectivity index (χ0v) is 13.9. The van der Waals surface area contributed by atoms with Gasteiger partial charge in [0.1, 0.15) is 5.82 Å². The third-order valence-corrected chi connectivity index (χ3v) is 5.10. The van der Waals surface area contributed by atoms with Crippen LogP contribution in [0.5, 0.6) is 0 Å². The molecule has 1 aliphatic heterocycles. The Morgan fingerprint density at radius 1 is 1.08 bits per heavy atom. The zero-order chi connectivity index (χ0) is 16.8. The number of rotatable bonds is 2. The maximum Gasteiger partial charge on any atom is 0.123 e. The average molecular weight is 321 g/mol. The molecule has 0 bridgehead atoms. The van der Waals surface area contributed by atoms with Crippen molar-refractivity contribution in [3.8, 4) is 0 Å². The Labute approximate surface area is 141 Å². The van der Waals surface area contributed by atoms with Gasteiger partial charge in [0.05, 0.1) is 0 Å². The fourth-order valence-corrected chi connectivity index (χ4v) is 4.04. The molecule has 0 radical (unpaired) electrons. The molecular formula is C21H20FNO. The predicted molar refractivity (Wildman–Crippen MR) is 97.2 cm³/mol. The minimum absolute atomic E-state index is 0.0712. The minimum atomic E-state index is -0.229. The van der Waals surface area contributed by atoms with Crippen LogP contribution < -0.4 is 4.90 Å². The topological polar surface area (TPSA) is 23.5 Å². The number of hydrogen-bond acceptors (Lipinski definition) is 2. The molecule has 1 N–H and O–H groups in total. The summed E-state index contributed by atoms with van der Waals surface area (Å²) in [6.45, 7) is 3.00. The van der Waals surface area contributed by atoms with E-state index in [9.17, 15) is 9.50 Å². The van der Waals surface area contributed by atoms with Crippen LogP contribution in [0.15, 0.2) is 48.0 Å². The van der Waals surface area contributed by atoms with Gasteiger partial charge in [-0.25, -0.2) is 4.39 Å². The van der Waals surface area contributed by atoms with Gasteiger partial charge >= 0.3 is 0 Å². The van der Waals surface area contributed by atoms with Gasteiger partial charge in [-0.2, -0.15) is 0 Å². The number of allylic oxidation sites excluding steroid dienone is 2. The summed E-state index contributed by atoms with van der Waals surface area (Å²) >= 11 is 0. The van der Waals surface area contributed by atoms with E-state index in [0.29, 0.717) is 6.42 Å². The molecule has 0 saturated heterocycles. The summed E-state index contributed by atoms with van der Waals surface area (Å²) in [6, 6.07) is 13.4. The molecule has 2 nitrogen and oxygen atoms in total. The first kappa shape index (κ1) is 15.2. The van der Waals surface area contributed by atoms with Crippen LogP contribution in [0.1, 0.15) is 30.0 Å². The number of benzene rings is 2. The van der Waals surface area contributed by atoms with Crippen LogP contribution in [0, 0.1) is 5.82 Å². The van der Waals surface area contributed by atoms with E-state index >= 15 is 0 Å². The van der Waals surface area contributed by atoms with Crippen LogP contribution in [0.25, 0.3) is 16.7 Å². The van der Waals surface area contributed by atoms with Gasteiger partial charge in [-0.1, -0.05) is 24.3 Å². The summed E-state index contributed by atoms with van der Waals surface area (Å²) < 4.78 is 13.8. The Balaban J connectivity index is 2.00. The molecule has 0 unspecified atom stereocenters. The Morgan fingerprint density at radius 2 is 1.88 bits per heavy atom. The summed E-state index contributed by atoms with van der Waals surface area (Å²) in [5.41, 5.74) is 9.18. The van der Waals surface area contributed by atoms with Crippen LogP contribution in [-0.4, -0.2) is 25.3 Å². The molecule has 2 aliphatic rings. The normalized spacial score (nSPS) is 19.1. The molecule has 1 aliphatic carbocycles. The van der Waals surface area contributed by atoms with Crippen LogP contribution >= 0.6 is 0 Å². The van der Waals surface area contributed by atoms with Gasteiger partial charge < -0.3 is 10.0 Å². The number of halogens is 1. The van der Waals surface area contributed by atoms with E-state index in [0.717, 1.165) is 28.8 Å². The lowest BCUT2D eigenvalue weighted by Gasteiger charge is -2.11. The standard InChI is InChI=1S/C21H20FNO/c1-13-15(9-10-24)18-11-14(22)7-8-17(18)21(13)19-12-23(2)20-6-4-3-5-16(19)20/h3-8,11,24H,9-10,12H2,1-2H3. The fraction of sp³-hybridized carbons (Fsp3) is 0.238. The van der Waals surface area contributed by atoms with Crippen molar-refractivity contribution in [1.29, 1.82) is 0 Å². The van der Waals surface area contributed by atoms with E-state index in [1.807, 2.05) is 6.07 Å². The Hall–Kier alpha value is -2.39. The quantitative estimate of drug-likeness (QED) is 0.888. The smallest absolute Gasteiger partial charge is 0.123 e. The number of likely N-dealkylation sites (N-methyl/N-ethyl adjacent to an activating group) is 1. The Bertz CT molecular complexity index is 894.